The van der Waals surface area contributed by atoms with Gasteiger partial charge in [-0.2, -0.15) is 0 Å². The van der Waals surface area contributed by atoms with Crippen molar-refractivity contribution in [2.24, 2.45) is 11.1 Å². The molecule has 1 aromatic carbocycles. The molecular weight excluding hydrogens is 252 g/mol. The largest absolute Gasteiger partial charge is 0.497 e. The minimum absolute atomic E-state index is 0.0888. The molecule has 0 bridgehead atoms. The van der Waals surface area contributed by atoms with Crippen LogP contribution in [0.2, 0.25) is 0 Å². The first-order chi connectivity index (χ1) is 9.46. The third kappa shape index (κ3) is 6.06. The van der Waals surface area contributed by atoms with Gasteiger partial charge < -0.3 is 15.8 Å². The quantitative estimate of drug-likeness (QED) is 0.767. The summed E-state index contributed by atoms with van der Waals surface area (Å²) in [7, 11) is 1.64. The van der Waals surface area contributed by atoms with Gasteiger partial charge in [-0.1, -0.05) is 26.0 Å². The van der Waals surface area contributed by atoms with E-state index < -0.39 is 0 Å². The average Bonchev–Trinajstić information content (AvgIpc) is 2.43. The number of ether oxygens (including phenoxy) is 1. The zero-order valence-electron chi connectivity index (χ0n) is 12.7. The molecule has 4 heteroatoms. The first-order valence-corrected chi connectivity index (χ1v) is 7.06. The first-order valence-electron chi connectivity index (χ1n) is 7.06. The van der Waals surface area contributed by atoms with E-state index >= 15 is 0 Å². The van der Waals surface area contributed by atoms with Gasteiger partial charge in [0.15, 0.2) is 0 Å². The van der Waals surface area contributed by atoms with E-state index in [1.165, 1.54) is 0 Å². The second kappa shape index (κ2) is 7.90. The monoisotopic (exact) mass is 278 g/mol. The lowest BCUT2D eigenvalue weighted by atomic mass is 9.84. The Morgan fingerprint density at radius 3 is 2.45 bits per heavy atom. The lowest BCUT2D eigenvalue weighted by Gasteiger charge is -2.23. The maximum Gasteiger partial charge on any atom is 0.220 e. The number of carbonyl (C=O) groups is 1. The number of hydrogen-bond donors (Lipinski definition) is 2. The maximum atomic E-state index is 11.8. The molecule has 0 aliphatic rings. The molecule has 1 rings (SSSR count). The van der Waals surface area contributed by atoms with Crippen LogP contribution < -0.4 is 15.8 Å². The third-order valence-corrected chi connectivity index (χ3v) is 3.50. The summed E-state index contributed by atoms with van der Waals surface area (Å²) in [5.74, 6) is 0.912. The molecule has 0 spiro atoms. The SMILES string of the molecule is COc1ccc(CNC(=O)CCC(C)(C)CCN)cc1. The smallest absolute Gasteiger partial charge is 0.220 e. The number of rotatable bonds is 8. The normalized spacial score (nSPS) is 11.2. The summed E-state index contributed by atoms with van der Waals surface area (Å²) in [5, 5.41) is 2.94. The lowest BCUT2D eigenvalue weighted by Crippen LogP contribution is -2.25. The van der Waals surface area contributed by atoms with Crippen molar-refractivity contribution in [3.8, 4) is 5.75 Å². The van der Waals surface area contributed by atoms with E-state index in [2.05, 4.69) is 19.2 Å². The standard InChI is InChI=1S/C16H26N2O2/c1-16(2,10-11-17)9-8-15(19)18-12-13-4-6-14(20-3)7-5-13/h4-7H,8-12,17H2,1-3H3,(H,18,19). The molecule has 0 aliphatic heterocycles. The van der Waals surface area contributed by atoms with Crippen LogP contribution in [-0.2, 0) is 11.3 Å². The molecule has 4 nitrogen and oxygen atoms in total. The fourth-order valence-electron chi connectivity index (χ4n) is 2.00. The van der Waals surface area contributed by atoms with Gasteiger partial charge in [-0.25, -0.2) is 0 Å². The summed E-state index contributed by atoms with van der Waals surface area (Å²) in [4.78, 5) is 11.8. The Labute approximate surface area is 121 Å². The van der Waals surface area contributed by atoms with Crippen molar-refractivity contribution < 1.29 is 9.53 Å². The van der Waals surface area contributed by atoms with Crippen LogP contribution in [0.3, 0.4) is 0 Å². The number of carbonyl (C=O) groups excluding carboxylic acids is 1. The fraction of sp³-hybridized carbons (Fsp3) is 0.562. The van der Waals surface area contributed by atoms with Gasteiger partial charge in [-0.05, 0) is 42.5 Å². The van der Waals surface area contributed by atoms with Gasteiger partial charge in [-0.15, -0.1) is 0 Å². The van der Waals surface area contributed by atoms with Gasteiger partial charge in [0.1, 0.15) is 5.75 Å². The molecule has 0 aromatic heterocycles. The minimum atomic E-state index is 0.0888. The highest BCUT2D eigenvalue weighted by molar-refractivity contribution is 5.75. The summed E-state index contributed by atoms with van der Waals surface area (Å²) < 4.78 is 5.10. The molecule has 0 fully saturated rings. The highest BCUT2D eigenvalue weighted by Crippen LogP contribution is 2.25. The van der Waals surface area contributed by atoms with Crippen LogP contribution in [0.4, 0.5) is 0 Å². The molecule has 0 unspecified atom stereocenters. The van der Waals surface area contributed by atoms with Gasteiger partial charge in [0.25, 0.3) is 0 Å². The Kier molecular flexibility index (Phi) is 6.52. The second-order valence-corrected chi connectivity index (χ2v) is 5.83. The van der Waals surface area contributed by atoms with Crippen LogP contribution >= 0.6 is 0 Å². The van der Waals surface area contributed by atoms with E-state index in [1.807, 2.05) is 24.3 Å². The third-order valence-electron chi connectivity index (χ3n) is 3.50. The summed E-state index contributed by atoms with van der Waals surface area (Å²) in [6, 6.07) is 7.70. The zero-order chi connectivity index (χ0) is 15.0. The van der Waals surface area contributed by atoms with Crippen molar-refractivity contribution in [1.29, 1.82) is 0 Å². The molecule has 3 N–H and O–H groups in total. The number of nitrogens with one attached hydrogen (secondary N) is 1. The zero-order valence-corrected chi connectivity index (χ0v) is 12.7. The Hall–Kier alpha value is -1.55. The Bertz CT molecular complexity index is 413. The van der Waals surface area contributed by atoms with E-state index in [0.717, 1.165) is 24.2 Å². The van der Waals surface area contributed by atoms with Crippen LogP contribution in [0.1, 0.15) is 38.7 Å². The number of nitrogens with two attached hydrogens (primary N) is 1. The van der Waals surface area contributed by atoms with Crippen LogP contribution in [0.5, 0.6) is 5.75 Å². The highest BCUT2D eigenvalue weighted by atomic mass is 16.5. The predicted octanol–water partition coefficient (Wildman–Crippen LogP) is 2.47. The Balaban J connectivity index is 2.32. The predicted molar refractivity (Wildman–Crippen MR) is 81.5 cm³/mol. The molecular formula is C16H26N2O2. The lowest BCUT2D eigenvalue weighted by molar-refractivity contribution is -0.121. The topological polar surface area (TPSA) is 64.3 Å². The maximum absolute atomic E-state index is 11.8. The van der Waals surface area contributed by atoms with Crippen LogP contribution in [0, 0.1) is 5.41 Å². The molecule has 0 saturated carbocycles. The molecule has 0 radical (unpaired) electrons. The Morgan fingerprint density at radius 2 is 1.90 bits per heavy atom. The highest BCUT2D eigenvalue weighted by Gasteiger charge is 2.18. The molecule has 0 atom stereocenters. The molecule has 1 aromatic rings. The fourth-order valence-corrected chi connectivity index (χ4v) is 2.00. The van der Waals surface area contributed by atoms with Crippen molar-refractivity contribution in [1.82, 2.24) is 5.32 Å². The van der Waals surface area contributed by atoms with E-state index in [4.69, 9.17) is 10.5 Å². The van der Waals surface area contributed by atoms with Crippen LogP contribution in [0.25, 0.3) is 0 Å². The summed E-state index contributed by atoms with van der Waals surface area (Å²) in [6.45, 7) is 5.52. The second-order valence-electron chi connectivity index (χ2n) is 5.83. The molecule has 20 heavy (non-hydrogen) atoms. The number of hydrogen-bond acceptors (Lipinski definition) is 3. The van der Waals surface area contributed by atoms with Crippen molar-refractivity contribution in [3.63, 3.8) is 0 Å². The Morgan fingerprint density at radius 1 is 1.25 bits per heavy atom. The number of methoxy groups -OCH3 is 1. The van der Waals surface area contributed by atoms with Crippen LogP contribution in [0.15, 0.2) is 24.3 Å². The summed E-state index contributed by atoms with van der Waals surface area (Å²) >= 11 is 0. The molecule has 0 saturated heterocycles. The molecule has 0 heterocycles. The van der Waals surface area contributed by atoms with Gasteiger partial charge in [0.05, 0.1) is 7.11 Å². The summed E-state index contributed by atoms with van der Waals surface area (Å²) in [6.07, 6.45) is 2.35. The first kappa shape index (κ1) is 16.5. The van der Waals surface area contributed by atoms with E-state index in [-0.39, 0.29) is 11.3 Å². The van der Waals surface area contributed by atoms with Crippen LogP contribution in [-0.4, -0.2) is 19.6 Å². The van der Waals surface area contributed by atoms with Crippen molar-refractivity contribution in [2.45, 2.75) is 39.7 Å². The van der Waals surface area contributed by atoms with Gasteiger partial charge in [-0.3, -0.25) is 4.79 Å². The van der Waals surface area contributed by atoms with E-state index in [1.54, 1.807) is 7.11 Å². The summed E-state index contributed by atoms with van der Waals surface area (Å²) in [5.41, 5.74) is 6.77. The van der Waals surface area contributed by atoms with Gasteiger partial charge in [0, 0.05) is 13.0 Å². The number of benzene rings is 1. The van der Waals surface area contributed by atoms with Crippen molar-refractivity contribution in [2.75, 3.05) is 13.7 Å². The van der Waals surface area contributed by atoms with E-state index in [0.29, 0.717) is 19.5 Å². The van der Waals surface area contributed by atoms with Crippen molar-refractivity contribution in [3.05, 3.63) is 29.8 Å². The minimum Gasteiger partial charge on any atom is -0.497 e. The van der Waals surface area contributed by atoms with Crippen molar-refractivity contribution >= 4 is 5.91 Å². The molecule has 112 valence electrons. The molecule has 0 aliphatic carbocycles. The van der Waals surface area contributed by atoms with Gasteiger partial charge in [0.2, 0.25) is 5.91 Å². The number of amides is 1. The van der Waals surface area contributed by atoms with E-state index in [9.17, 15) is 4.79 Å². The molecule has 1 amide bonds. The average molecular weight is 278 g/mol. The van der Waals surface area contributed by atoms with Gasteiger partial charge >= 0.3 is 0 Å².